The zero-order valence-corrected chi connectivity index (χ0v) is 19.3. The molecule has 2 rings (SSSR count). The number of amides is 1. The molecule has 0 saturated heterocycles. The molecule has 0 unspecified atom stereocenters. The number of anilines is 3. The van der Waals surface area contributed by atoms with Gasteiger partial charge < -0.3 is 21.1 Å². The maximum absolute atomic E-state index is 12.9. The van der Waals surface area contributed by atoms with Crippen molar-refractivity contribution in [3.63, 3.8) is 0 Å². The van der Waals surface area contributed by atoms with Crippen molar-refractivity contribution >= 4 is 52.3 Å². The summed E-state index contributed by atoms with van der Waals surface area (Å²) in [4.78, 5) is 53.3. The fraction of sp³-hybridized carbons (Fsp3) is 0.400. The van der Waals surface area contributed by atoms with Gasteiger partial charge in [-0.1, -0.05) is 43.5 Å². The molecule has 1 amide bonds. The number of carbonyl (C=O) groups excluding carboxylic acids is 2. The SMILES string of the molecule is CCCCN(C(=O)COC(=O)c1cc(Cl)cc(Cl)c1N)c1c(N)n(CCC)c(=O)[nH]c1=O. The van der Waals surface area contributed by atoms with Crippen molar-refractivity contribution in [3.05, 3.63) is 48.6 Å². The molecule has 0 aliphatic carbocycles. The highest BCUT2D eigenvalue weighted by Gasteiger charge is 2.25. The largest absolute Gasteiger partial charge is 0.452 e. The van der Waals surface area contributed by atoms with E-state index < -0.39 is 29.7 Å². The molecule has 2 aromatic rings. The van der Waals surface area contributed by atoms with Crippen LogP contribution in [0.15, 0.2) is 21.7 Å². The monoisotopic (exact) mass is 485 g/mol. The Morgan fingerprint density at radius 2 is 1.84 bits per heavy atom. The van der Waals surface area contributed by atoms with Crippen molar-refractivity contribution in [2.24, 2.45) is 0 Å². The van der Waals surface area contributed by atoms with Crippen LogP contribution in [0.5, 0.6) is 0 Å². The number of ether oxygens (including phenoxy) is 1. The molecule has 0 aliphatic heterocycles. The van der Waals surface area contributed by atoms with Gasteiger partial charge in [0.25, 0.3) is 11.5 Å². The van der Waals surface area contributed by atoms with Gasteiger partial charge in [0, 0.05) is 18.1 Å². The number of aromatic nitrogens is 2. The molecule has 0 bridgehead atoms. The minimum atomic E-state index is -0.909. The number of halogens is 2. The van der Waals surface area contributed by atoms with Crippen LogP contribution in [0.2, 0.25) is 10.0 Å². The van der Waals surface area contributed by atoms with Crippen molar-refractivity contribution in [3.8, 4) is 0 Å². The van der Waals surface area contributed by atoms with Gasteiger partial charge in [-0.05, 0) is 25.0 Å². The maximum Gasteiger partial charge on any atom is 0.340 e. The molecule has 0 fully saturated rings. The van der Waals surface area contributed by atoms with Crippen molar-refractivity contribution < 1.29 is 14.3 Å². The molecule has 12 heteroatoms. The summed E-state index contributed by atoms with van der Waals surface area (Å²) < 4.78 is 6.28. The van der Waals surface area contributed by atoms with Gasteiger partial charge in [-0.2, -0.15) is 0 Å². The summed E-state index contributed by atoms with van der Waals surface area (Å²) in [5.41, 5.74) is 10.1. The molecule has 1 aromatic carbocycles. The smallest absolute Gasteiger partial charge is 0.340 e. The number of aromatic amines is 1. The zero-order valence-electron chi connectivity index (χ0n) is 17.7. The number of nitrogens with zero attached hydrogens (tertiary/aromatic N) is 2. The number of hydrogen-bond donors (Lipinski definition) is 3. The summed E-state index contributed by atoms with van der Waals surface area (Å²) in [6.45, 7) is 3.44. The van der Waals surface area contributed by atoms with Gasteiger partial charge in [0.1, 0.15) is 5.82 Å². The lowest BCUT2D eigenvalue weighted by Gasteiger charge is -2.24. The topological polar surface area (TPSA) is 154 Å². The molecular weight excluding hydrogens is 461 g/mol. The van der Waals surface area contributed by atoms with Gasteiger partial charge in [0.2, 0.25) is 0 Å². The lowest BCUT2D eigenvalue weighted by Crippen LogP contribution is -2.43. The summed E-state index contributed by atoms with van der Waals surface area (Å²) in [5, 5.41) is 0.238. The number of nitrogens with two attached hydrogens (primary N) is 2. The summed E-state index contributed by atoms with van der Waals surface area (Å²) in [6.07, 6.45) is 1.84. The third-order valence-electron chi connectivity index (χ3n) is 4.61. The Morgan fingerprint density at radius 3 is 2.47 bits per heavy atom. The molecule has 0 atom stereocenters. The van der Waals surface area contributed by atoms with E-state index in [-0.39, 0.29) is 45.9 Å². The van der Waals surface area contributed by atoms with Crippen LogP contribution in [-0.4, -0.2) is 34.6 Å². The predicted molar refractivity (Wildman–Crippen MR) is 124 cm³/mol. The van der Waals surface area contributed by atoms with Crippen LogP contribution in [0.3, 0.4) is 0 Å². The third-order valence-corrected chi connectivity index (χ3v) is 5.14. The molecule has 0 saturated carbocycles. The predicted octanol–water partition coefficient (Wildman–Crippen LogP) is 2.41. The van der Waals surface area contributed by atoms with Gasteiger partial charge in [-0.3, -0.25) is 19.1 Å². The molecular formula is C20H25Cl2N5O5. The van der Waals surface area contributed by atoms with Gasteiger partial charge in [0.05, 0.1) is 16.3 Å². The van der Waals surface area contributed by atoms with Crippen LogP contribution in [0, 0.1) is 0 Å². The number of esters is 1. The van der Waals surface area contributed by atoms with Crippen LogP contribution in [-0.2, 0) is 16.1 Å². The first kappa shape index (κ1) is 25.3. The average molecular weight is 486 g/mol. The molecule has 1 heterocycles. The quantitative estimate of drug-likeness (QED) is 0.363. The molecule has 5 N–H and O–H groups in total. The summed E-state index contributed by atoms with van der Waals surface area (Å²) in [7, 11) is 0. The van der Waals surface area contributed by atoms with Gasteiger partial charge in [-0.15, -0.1) is 0 Å². The second-order valence-corrected chi connectivity index (χ2v) is 7.81. The molecule has 0 aliphatic rings. The number of nitrogens with one attached hydrogen (secondary N) is 1. The second kappa shape index (κ2) is 11.1. The Bertz CT molecular complexity index is 1130. The van der Waals surface area contributed by atoms with E-state index in [0.717, 1.165) is 4.90 Å². The fourth-order valence-corrected chi connectivity index (χ4v) is 3.49. The Kier molecular flexibility index (Phi) is 8.73. The maximum atomic E-state index is 12.9. The van der Waals surface area contributed by atoms with E-state index >= 15 is 0 Å². The lowest BCUT2D eigenvalue weighted by molar-refractivity contribution is -0.121. The number of nitrogen functional groups attached to an aromatic ring is 2. The Labute approximate surface area is 194 Å². The summed E-state index contributed by atoms with van der Waals surface area (Å²) >= 11 is 11.8. The van der Waals surface area contributed by atoms with Crippen LogP contribution >= 0.6 is 23.2 Å². The molecule has 174 valence electrons. The van der Waals surface area contributed by atoms with E-state index in [9.17, 15) is 19.2 Å². The molecule has 0 spiro atoms. The second-order valence-electron chi connectivity index (χ2n) is 6.97. The van der Waals surface area contributed by atoms with E-state index in [2.05, 4.69) is 4.98 Å². The highest BCUT2D eigenvalue weighted by Crippen LogP contribution is 2.28. The lowest BCUT2D eigenvalue weighted by atomic mass is 10.2. The summed E-state index contributed by atoms with van der Waals surface area (Å²) in [5.74, 6) is -1.74. The highest BCUT2D eigenvalue weighted by molar-refractivity contribution is 6.37. The van der Waals surface area contributed by atoms with Crippen LogP contribution in [0.4, 0.5) is 17.2 Å². The highest BCUT2D eigenvalue weighted by atomic mass is 35.5. The molecule has 1 aromatic heterocycles. The summed E-state index contributed by atoms with van der Waals surface area (Å²) in [6, 6.07) is 2.64. The van der Waals surface area contributed by atoms with Crippen molar-refractivity contribution in [1.29, 1.82) is 0 Å². The molecule has 0 radical (unpaired) electrons. The van der Waals surface area contributed by atoms with Crippen LogP contribution in [0.25, 0.3) is 0 Å². The van der Waals surface area contributed by atoms with E-state index in [1.165, 1.54) is 16.7 Å². The van der Waals surface area contributed by atoms with E-state index in [4.69, 9.17) is 39.4 Å². The number of hydrogen-bond acceptors (Lipinski definition) is 7. The Hall–Kier alpha value is -2.98. The number of carbonyl (C=O) groups is 2. The molecule has 10 nitrogen and oxygen atoms in total. The van der Waals surface area contributed by atoms with E-state index in [1.54, 1.807) is 0 Å². The van der Waals surface area contributed by atoms with Crippen molar-refractivity contribution in [2.45, 2.75) is 39.7 Å². The number of rotatable bonds is 9. The third kappa shape index (κ3) is 5.63. The van der Waals surface area contributed by atoms with Gasteiger partial charge >= 0.3 is 11.7 Å². The minimum Gasteiger partial charge on any atom is -0.452 e. The van der Waals surface area contributed by atoms with E-state index in [1.807, 2.05) is 13.8 Å². The Morgan fingerprint density at radius 1 is 1.16 bits per heavy atom. The standard InChI is InChI=1S/C20H25Cl2N5O5/c1-3-5-7-26(16-17(24)27(6-4-2)20(31)25-18(16)29)14(28)10-32-19(30)12-8-11(21)9-13(22)15(12)23/h8-9H,3-7,10,23-24H2,1-2H3,(H,25,29,31). The minimum absolute atomic E-state index is 0.0383. The van der Waals surface area contributed by atoms with Crippen LogP contribution < -0.4 is 27.6 Å². The average Bonchev–Trinajstić information content (AvgIpc) is 2.73. The van der Waals surface area contributed by atoms with Crippen LogP contribution in [0.1, 0.15) is 43.5 Å². The fourth-order valence-electron chi connectivity index (χ4n) is 3.00. The first-order valence-electron chi connectivity index (χ1n) is 9.96. The van der Waals surface area contributed by atoms with Crippen molar-refractivity contribution in [2.75, 3.05) is 29.5 Å². The number of H-pyrrole nitrogens is 1. The number of unbranched alkanes of at least 4 members (excludes halogenated alkanes) is 1. The first-order valence-corrected chi connectivity index (χ1v) is 10.7. The zero-order chi connectivity index (χ0) is 24.0. The Balaban J connectivity index is 2.34. The first-order chi connectivity index (χ1) is 15.1. The number of benzene rings is 1. The normalized spacial score (nSPS) is 10.8. The van der Waals surface area contributed by atoms with Gasteiger partial charge in [0.15, 0.2) is 12.3 Å². The van der Waals surface area contributed by atoms with E-state index in [0.29, 0.717) is 19.3 Å². The van der Waals surface area contributed by atoms with Crippen molar-refractivity contribution in [1.82, 2.24) is 9.55 Å². The van der Waals surface area contributed by atoms with Gasteiger partial charge in [-0.25, -0.2) is 9.59 Å². The molecule has 32 heavy (non-hydrogen) atoms.